The van der Waals surface area contributed by atoms with Crippen LogP contribution in [0.5, 0.6) is 0 Å². The van der Waals surface area contributed by atoms with E-state index < -0.39 is 0 Å². The molecule has 0 N–H and O–H groups in total. The van der Waals surface area contributed by atoms with Crippen LogP contribution in [0.2, 0.25) is 0 Å². The van der Waals surface area contributed by atoms with Gasteiger partial charge in [0, 0.05) is 11.9 Å². The van der Waals surface area contributed by atoms with Crippen molar-refractivity contribution >= 4 is 46.1 Å². The van der Waals surface area contributed by atoms with Crippen molar-refractivity contribution in [3.8, 4) is 0 Å². The van der Waals surface area contributed by atoms with Crippen molar-refractivity contribution in [1.29, 1.82) is 0 Å². The maximum Gasteiger partial charge on any atom is 0.175 e. The topological polar surface area (TPSA) is 67.2 Å². The molecule has 0 saturated carbocycles. The monoisotopic (exact) mass is 256 g/mol. The van der Waals surface area contributed by atoms with Crippen LogP contribution < -0.4 is 4.31 Å². The summed E-state index contributed by atoms with van der Waals surface area (Å²) in [7, 11) is 0. The quantitative estimate of drug-likeness (QED) is 0.754. The highest BCUT2D eigenvalue weighted by atomic mass is 32.2. The molecule has 2 aromatic heterocycles. The molecule has 0 bridgehead atoms. The molecule has 0 radical (unpaired) electrons. The van der Waals surface area contributed by atoms with Crippen molar-refractivity contribution < 1.29 is 0 Å². The van der Waals surface area contributed by atoms with Gasteiger partial charge in [-0.05, 0) is 11.5 Å². The minimum atomic E-state index is 0.586. The smallest absolute Gasteiger partial charge is 0.175 e. The largest absolute Gasteiger partial charge is 0.272 e. The summed E-state index contributed by atoms with van der Waals surface area (Å²) in [5.41, 5.74) is 0.829. The SMILES string of the molecule is c1nsnc1C1=NCN(c2csnn2)S1. The zero-order valence-corrected chi connectivity index (χ0v) is 9.72. The standard InChI is InChI=1S/C6H4N6S3/c1-4(10-15-8-1)6-7-3-12(14-6)5-2-13-11-9-5/h1-2H,3H2. The Morgan fingerprint density at radius 3 is 3.13 bits per heavy atom. The minimum absolute atomic E-state index is 0.586. The van der Waals surface area contributed by atoms with E-state index in [0.29, 0.717) is 6.67 Å². The Hall–Kier alpha value is -1.06. The first-order chi connectivity index (χ1) is 7.43. The summed E-state index contributed by atoms with van der Waals surface area (Å²) in [6, 6.07) is 0. The Labute approximate surface area is 97.7 Å². The van der Waals surface area contributed by atoms with Crippen LogP contribution in [0.4, 0.5) is 5.82 Å². The van der Waals surface area contributed by atoms with Gasteiger partial charge in [0.25, 0.3) is 0 Å². The van der Waals surface area contributed by atoms with Gasteiger partial charge in [-0.15, -0.1) is 5.10 Å². The van der Waals surface area contributed by atoms with E-state index >= 15 is 0 Å². The second-order valence-electron chi connectivity index (χ2n) is 2.63. The van der Waals surface area contributed by atoms with E-state index in [1.165, 1.54) is 35.2 Å². The van der Waals surface area contributed by atoms with Gasteiger partial charge in [0.05, 0.1) is 23.3 Å². The molecule has 76 valence electrons. The highest BCUT2D eigenvalue weighted by Crippen LogP contribution is 2.28. The molecule has 0 atom stereocenters. The number of nitrogens with zero attached hydrogens (tertiary/aromatic N) is 6. The van der Waals surface area contributed by atoms with E-state index in [-0.39, 0.29) is 0 Å². The zero-order valence-electron chi connectivity index (χ0n) is 7.27. The van der Waals surface area contributed by atoms with Crippen LogP contribution in [0.3, 0.4) is 0 Å². The predicted molar refractivity (Wildman–Crippen MR) is 61.3 cm³/mol. The van der Waals surface area contributed by atoms with Crippen LogP contribution in [0.15, 0.2) is 16.6 Å². The third-order valence-corrected chi connectivity index (χ3v) is 3.73. The molecule has 0 fully saturated rings. The summed E-state index contributed by atoms with van der Waals surface area (Å²) in [4.78, 5) is 4.36. The molecule has 15 heavy (non-hydrogen) atoms. The third kappa shape index (κ3) is 1.73. The van der Waals surface area contributed by atoms with Crippen LogP contribution in [0, 0.1) is 0 Å². The molecule has 9 heteroatoms. The van der Waals surface area contributed by atoms with Gasteiger partial charge in [-0.3, -0.25) is 9.30 Å². The van der Waals surface area contributed by atoms with Crippen molar-refractivity contribution in [2.75, 3.05) is 11.0 Å². The molecule has 0 aromatic carbocycles. The van der Waals surface area contributed by atoms with Crippen molar-refractivity contribution in [3.05, 3.63) is 17.3 Å². The summed E-state index contributed by atoms with van der Waals surface area (Å²) in [5.74, 6) is 0.840. The summed E-state index contributed by atoms with van der Waals surface area (Å²) < 4.78 is 13.9. The Morgan fingerprint density at radius 1 is 1.40 bits per heavy atom. The van der Waals surface area contributed by atoms with Gasteiger partial charge in [-0.1, -0.05) is 4.49 Å². The van der Waals surface area contributed by atoms with E-state index in [1.54, 1.807) is 6.20 Å². The Balaban J connectivity index is 1.78. The van der Waals surface area contributed by atoms with Crippen molar-refractivity contribution in [1.82, 2.24) is 18.3 Å². The molecule has 1 aliphatic heterocycles. The molecule has 0 aliphatic carbocycles. The number of aliphatic imine (C=N–C) groups is 1. The molecule has 3 rings (SSSR count). The number of hydrogen-bond donors (Lipinski definition) is 0. The lowest BCUT2D eigenvalue weighted by molar-refractivity contribution is 1.02. The van der Waals surface area contributed by atoms with Gasteiger partial charge < -0.3 is 0 Å². The molecule has 0 unspecified atom stereocenters. The van der Waals surface area contributed by atoms with Gasteiger partial charge in [-0.25, -0.2) is 0 Å². The summed E-state index contributed by atoms with van der Waals surface area (Å²) in [6.45, 7) is 0.586. The van der Waals surface area contributed by atoms with E-state index in [9.17, 15) is 0 Å². The van der Waals surface area contributed by atoms with Crippen molar-refractivity contribution in [2.45, 2.75) is 0 Å². The second kappa shape index (κ2) is 3.83. The van der Waals surface area contributed by atoms with Crippen LogP contribution in [0.1, 0.15) is 5.69 Å². The van der Waals surface area contributed by atoms with Gasteiger partial charge in [-0.2, -0.15) is 8.75 Å². The molecule has 0 saturated heterocycles. The van der Waals surface area contributed by atoms with Crippen LogP contribution in [-0.4, -0.2) is 30.0 Å². The van der Waals surface area contributed by atoms with Crippen molar-refractivity contribution in [2.24, 2.45) is 4.99 Å². The fraction of sp³-hybridized carbons (Fsp3) is 0.167. The second-order valence-corrected chi connectivity index (χ2v) is 4.81. The number of hydrogen-bond acceptors (Lipinski definition) is 9. The first-order valence-electron chi connectivity index (χ1n) is 3.98. The van der Waals surface area contributed by atoms with E-state index in [4.69, 9.17) is 0 Å². The van der Waals surface area contributed by atoms with E-state index in [2.05, 4.69) is 23.3 Å². The van der Waals surface area contributed by atoms with Gasteiger partial charge >= 0.3 is 0 Å². The lowest BCUT2D eigenvalue weighted by Crippen LogP contribution is -2.10. The Kier molecular flexibility index (Phi) is 2.35. The maximum absolute atomic E-state index is 4.36. The van der Waals surface area contributed by atoms with Gasteiger partial charge in [0.1, 0.15) is 17.4 Å². The van der Waals surface area contributed by atoms with Crippen molar-refractivity contribution in [3.63, 3.8) is 0 Å². The van der Waals surface area contributed by atoms with Gasteiger partial charge in [0.15, 0.2) is 5.82 Å². The van der Waals surface area contributed by atoms with Gasteiger partial charge in [0.2, 0.25) is 0 Å². The minimum Gasteiger partial charge on any atom is -0.272 e. The third-order valence-electron chi connectivity index (χ3n) is 1.72. The fourth-order valence-electron chi connectivity index (χ4n) is 1.06. The lowest BCUT2D eigenvalue weighted by Gasteiger charge is -2.09. The predicted octanol–water partition coefficient (Wildman–Crippen LogP) is 1.26. The molecule has 0 spiro atoms. The van der Waals surface area contributed by atoms with E-state index in [1.807, 2.05) is 9.69 Å². The lowest BCUT2D eigenvalue weighted by atomic mass is 10.5. The number of anilines is 1. The first kappa shape index (κ1) is 9.19. The maximum atomic E-state index is 4.36. The molecule has 0 amide bonds. The van der Waals surface area contributed by atoms with Crippen LogP contribution >= 0.6 is 35.2 Å². The highest BCUT2D eigenvalue weighted by molar-refractivity contribution is 8.15. The summed E-state index contributed by atoms with van der Waals surface area (Å²) >= 11 is 4.04. The van der Waals surface area contributed by atoms with E-state index in [0.717, 1.165) is 16.6 Å². The van der Waals surface area contributed by atoms with Crippen LogP contribution in [-0.2, 0) is 0 Å². The molecule has 3 heterocycles. The Bertz CT molecular complexity index is 463. The fourth-order valence-corrected chi connectivity index (χ4v) is 2.87. The molecular formula is C6H4N6S3. The summed E-state index contributed by atoms with van der Waals surface area (Å²) in [6.07, 6.45) is 1.72. The first-order valence-corrected chi connectivity index (χ1v) is 6.32. The molecule has 1 aliphatic rings. The molecule has 6 nitrogen and oxygen atoms in total. The average molecular weight is 256 g/mol. The Morgan fingerprint density at radius 2 is 2.40 bits per heavy atom. The molecule has 2 aromatic rings. The zero-order chi connectivity index (χ0) is 10.1. The number of rotatable bonds is 2. The molecular weight excluding hydrogens is 252 g/mol. The average Bonchev–Trinajstić information content (AvgIpc) is 3.02. The number of aromatic nitrogens is 4. The summed E-state index contributed by atoms with van der Waals surface area (Å²) in [5, 5.41) is 6.76. The highest BCUT2D eigenvalue weighted by Gasteiger charge is 2.22. The van der Waals surface area contributed by atoms with Crippen LogP contribution in [0.25, 0.3) is 0 Å². The normalized spacial score (nSPS) is 15.7.